The molecule has 0 saturated carbocycles. The number of carboxylic acids is 2. The van der Waals surface area contributed by atoms with Crippen LogP contribution in [0, 0.1) is 0 Å². The van der Waals surface area contributed by atoms with Gasteiger partial charge in [-0.2, -0.15) is 0 Å². The molecule has 0 N–H and O–H groups in total. The van der Waals surface area contributed by atoms with Crippen LogP contribution in [0.15, 0.2) is 0 Å². The van der Waals surface area contributed by atoms with E-state index >= 15 is 0 Å². The van der Waals surface area contributed by atoms with E-state index in [0.717, 1.165) is 0 Å². The Kier molecular flexibility index (Phi) is 16.1. The minimum Gasteiger partial charge on any atom is -0.550 e. The van der Waals surface area contributed by atoms with Gasteiger partial charge in [0.2, 0.25) is 0 Å². The summed E-state index contributed by atoms with van der Waals surface area (Å²) < 4.78 is 0. The summed E-state index contributed by atoms with van der Waals surface area (Å²) in [5, 5.41) is 19.3. The van der Waals surface area contributed by atoms with Gasteiger partial charge in [0, 0.05) is 11.9 Å². The first kappa shape index (κ1) is 17.3. The number of hydrogen-bond donors (Lipinski definition) is 0. The molecule has 0 amide bonds. The second-order valence-corrected chi connectivity index (χ2v) is 1.60. The number of rotatable bonds is 4. The molecule has 0 heterocycles. The molecule has 0 rings (SSSR count). The first-order valence-corrected chi connectivity index (χ1v) is 2.52. The van der Waals surface area contributed by atoms with Gasteiger partial charge in [-0.1, -0.05) is 0 Å². The third-order valence-corrected chi connectivity index (χ3v) is 0.762. The molecule has 0 fully saturated rings. The number of carboxylic acid groups (broad SMARTS) is 2. The number of carbonyl (C=O) groups is 2. The third kappa shape index (κ3) is 17.8. The molecular weight excluding hydrogens is 295 g/mol. The maximum absolute atomic E-state index is 9.66. The van der Waals surface area contributed by atoms with E-state index in [1.807, 2.05) is 0 Å². The van der Waals surface area contributed by atoms with Crippen molar-refractivity contribution >= 4 is 11.9 Å². The normalized spacial score (nSPS) is 7.27. The predicted octanol–water partition coefficient (Wildman–Crippen LogP) is -2.35. The molecule has 0 aromatic rings. The van der Waals surface area contributed by atoms with Gasteiger partial charge in [-0.3, -0.25) is 0 Å². The van der Waals surface area contributed by atoms with E-state index < -0.39 is 11.9 Å². The molecule has 0 aromatic carbocycles. The first-order chi connectivity index (χ1) is 4.13. The summed E-state index contributed by atoms with van der Waals surface area (Å²) in [7, 11) is 0. The van der Waals surface area contributed by atoms with Crippen LogP contribution in [-0.4, -0.2) is 11.9 Å². The smallest absolute Gasteiger partial charge is 0.550 e. The molecule has 0 aliphatic heterocycles. The summed E-state index contributed by atoms with van der Waals surface area (Å²) in [4.78, 5) is 19.3. The van der Waals surface area contributed by atoms with Gasteiger partial charge in [0.25, 0.3) is 0 Å². The summed E-state index contributed by atoms with van der Waals surface area (Å²) in [5.74, 6) is -2.45. The first-order valence-electron chi connectivity index (χ1n) is 2.52. The summed E-state index contributed by atoms with van der Waals surface area (Å²) in [6, 6.07) is 0. The molecule has 0 aliphatic carbocycles. The Morgan fingerprint density at radius 1 is 1.00 bits per heavy atom. The van der Waals surface area contributed by atoms with Gasteiger partial charge in [0.15, 0.2) is 0 Å². The minimum atomic E-state index is -1.23. The Hall–Kier alpha value is 0.200. The Morgan fingerprint density at radius 3 is 1.45 bits per heavy atom. The van der Waals surface area contributed by atoms with E-state index in [1.165, 1.54) is 0 Å². The molecule has 0 bridgehead atoms. The SMILES string of the molecule is O=C([O-])CCCC(=O)[O-].[Ag+].[Cu+2]. The summed E-state index contributed by atoms with van der Waals surface area (Å²) in [6.45, 7) is 0. The molecule has 6 heteroatoms. The van der Waals surface area contributed by atoms with Crippen molar-refractivity contribution in [2.24, 2.45) is 0 Å². The van der Waals surface area contributed by atoms with E-state index in [1.54, 1.807) is 0 Å². The second kappa shape index (κ2) is 10.2. The van der Waals surface area contributed by atoms with Crippen molar-refractivity contribution in [1.29, 1.82) is 0 Å². The Morgan fingerprint density at radius 2 is 1.27 bits per heavy atom. The zero-order valence-corrected chi connectivity index (χ0v) is 7.78. The van der Waals surface area contributed by atoms with Gasteiger partial charge in [0.05, 0.1) is 0 Å². The fourth-order valence-electron chi connectivity index (χ4n) is 0.377. The molecule has 4 nitrogen and oxygen atoms in total. The number of aliphatic carboxylic acids is 2. The average molecular weight is 302 g/mol. The molecule has 0 aromatic heterocycles. The molecule has 0 aliphatic rings. The monoisotopic (exact) mass is 300 g/mol. The molecule has 0 spiro atoms. The van der Waals surface area contributed by atoms with Crippen molar-refractivity contribution in [2.45, 2.75) is 19.3 Å². The van der Waals surface area contributed by atoms with Crippen molar-refractivity contribution in [2.75, 3.05) is 0 Å². The van der Waals surface area contributed by atoms with Gasteiger partial charge >= 0.3 is 39.4 Å². The van der Waals surface area contributed by atoms with Crippen LogP contribution >= 0.6 is 0 Å². The molecular formula is C5H6AgCuO4+. The molecule has 1 radical (unpaired) electrons. The van der Waals surface area contributed by atoms with E-state index in [2.05, 4.69) is 0 Å². The molecule has 0 unspecified atom stereocenters. The van der Waals surface area contributed by atoms with E-state index in [4.69, 9.17) is 0 Å². The molecule has 0 atom stereocenters. The fourth-order valence-corrected chi connectivity index (χ4v) is 0.377. The van der Waals surface area contributed by atoms with Crippen LogP contribution in [0.25, 0.3) is 0 Å². The zero-order valence-electron chi connectivity index (χ0n) is 5.36. The quantitative estimate of drug-likeness (QED) is 0.545. The van der Waals surface area contributed by atoms with Crippen LogP contribution < -0.4 is 10.2 Å². The van der Waals surface area contributed by atoms with E-state index in [-0.39, 0.29) is 58.7 Å². The maximum atomic E-state index is 9.66. The summed E-state index contributed by atoms with van der Waals surface area (Å²) in [6.07, 6.45) is -0.341. The largest absolute Gasteiger partial charge is 2.00 e. The van der Waals surface area contributed by atoms with Gasteiger partial charge in [-0.25, -0.2) is 0 Å². The molecule has 71 valence electrons. The average Bonchev–Trinajstić information content (AvgIpc) is 1.63. The standard InChI is InChI=1S/C5H8O4.Ag.Cu/c6-4(7)2-1-3-5(8)9;;/h1-3H2,(H,6,7)(H,8,9);;/q;+1;+2/p-2. The third-order valence-electron chi connectivity index (χ3n) is 0.762. The van der Waals surface area contributed by atoms with Crippen molar-refractivity contribution in [1.82, 2.24) is 0 Å². The topological polar surface area (TPSA) is 80.3 Å². The van der Waals surface area contributed by atoms with E-state index in [0.29, 0.717) is 0 Å². The number of carbonyl (C=O) groups excluding carboxylic acids is 2. The van der Waals surface area contributed by atoms with Crippen molar-refractivity contribution in [3.05, 3.63) is 0 Å². The van der Waals surface area contributed by atoms with Crippen LogP contribution in [0.3, 0.4) is 0 Å². The van der Waals surface area contributed by atoms with Crippen molar-refractivity contribution in [3.63, 3.8) is 0 Å². The predicted molar refractivity (Wildman–Crippen MR) is 23.9 cm³/mol. The number of hydrogen-bond acceptors (Lipinski definition) is 4. The Balaban J connectivity index is -0.000000320. The van der Waals surface area contributed by atoms with Gasteiger partial charge in [-0.05, 0) is 19.3 Å². The molecule has 0 saturated heterocycles. The van der Waals surface area contributed by atoms with E-state index in [9.17, 15) is 19.8 Å². The summed E-state index contributed by atoms with van der Waals surface area (Å²) in [5.41, 5.74) is 0. The van der Waals surface area contributed by atoms with Crippen LogP contribution in [0.4, 0.5) is 0 Å². The molecule has 11 heavy (non-hydrogen) atoms. The Labute approximate surface area is 90.3 Å². The van der Waals surface area contributed by atoms with Gasteiger partial charge in [0.1, 0.15) is 0 Å². The zero-order chi connectivity index (χ0) is 7.28. The van der Waals surface area contributed by atoms with Crippen LogP contribution in [-0.2, 0) is 49.0 Å². The van der Waals surface area contributed by atoms with Crippen molar-refractivity contribution < 1.29 is 59.3 Å². The maximum Gasteiger partial charge on any atom is 2.00 e. The van der Waals surface area contributed by atoms with Gasteiger partial charge < -0.3 is 19.8 Å². The van der Waals surface area contributed by atoms with Crippen molar-refractivity contribution in [3.8, 4) is 0 Å². The van der Waals surface area contributed by atoms with Crippen LogP contribution in [0.1, 0.15) is 19.3 Å². The summed E-state index contributed by atoms with van der Waals surface area (Å²) >= 11 is 0. The minimum absolute atomic E-state index is 0. The van der Waals surface area contributed by atoms with Crippen LogP contribution in [0.2, 0.25) is 0 Å². The Bertz CT molecular complexity index is 114. The van der Waals surface area contributed by atoms with Crippen LogP contribution in [0.5, 0.6) is 0 Å². The fraction of sp³-hybridized carbons (Fsp3) is 0.600. The van der Waals surface area contributed by atoms with Gasteiger partial charge in [-0.15, -0.1) is 0 Å². The second-order valence-electron chi connectivity index (χ2n) is 1.60.